The minimum Gasteiger partial charge on any atom is -0.407 e. The fraction of sp³-hybridized carbons (Fsp3) is 0.455. The fourth-order valence-electron chi connectivity index (χ4n) is 1.59. The van der Waals surface area contributed by atoms with Gasteiger partial charge in [-0.3, -0.25) is 0 Å². The Hall–Kier alpha value is -0.705. The fourth-order valence-corrected chi connectivity index (χ4v) is 1.71. The maximum Gasteiger partial charge on any atom is 0.493 e. The first-order chi connectivity index (χ1) is 7.48. The first kappa shape index (κ1) is 11.8. The van der Waals surface area contributed by atoms with Crippen LogP contribution >= 0.6 is 11.6 Å². The zero-order valence-corrected chi connectivity index (χ0v) is 10.3. The van der Waals surface area contributed by atoms with Crippen molar-refractivity contribution < 1.29 is 9.31 Å². The number of rotatable bonds is 1. The molecule has 0 radical (unpaired) electrons. The highest BCUT2D eigenvalue weighted by molar-refractivity contribution is 6.61. The van der Waals surface area contributed by atoms with Crippen LogP contribution in [-0.4, -0.2) is 20.3 Å². The second kappa shape index (κ2) is 4.28. The molecule has 86 valence electrons. The largest absolute Gasteiger partial charge is 0.493 e. The molecular weight excluding hydrogens is 224 g/mol. The van der Waals surface area contributed by atoms with Crippen molar-refractivity contribution in [3.8, 4) is 0 Å². The molecule has 3 nitrogen and oxygen atoms in total. The standard InChI is InChI=1S/C11H15BClNO2/c1-11(2)6-15-12(16-7-11)8-3-4-9(13)10(14)5-8/h3-5H,6-7,14H2,1-2H3. The first-order valence-electron chi connectivity index (χ1n) is 5.26. The van der Waals surface area contributed by atoms with E-state index in [1.165, 1.54) is 0 Å². The molecule has 1 fully saturated rings. The highest BCUT2D eigenvalue weighted by Crippen LogP contribution is 2.22. The molecule has 2 rings (SSSR count). The minimum atomic E-state index is -0.326. The van der Waals surface area contributed by atoms with Gasteiger partial charge in [0, 0.05) is 24.3 Å². The Morgan fingerprint density at radius 1 is 1.31 bits per heavy atom. The van der Waals surface area contributed by atoms with Gasteiger partial charge in [0.15, 0.2) is 0 Å². The van der Waals surface area contributed by atoms with Crippen LogP contribution in [0.3, 0.4) is 0 Å². The second-order valence-corrected chi connectivity index (χ2v) is 5.31. The molecule has 0 saturated carbocycles. The van der Waals surface area contributed by atoms with E-state index in [0.29, 0.717) is 23.9 Å². The zero-order valence-electron chi connectivity index (χ0n) is 9.50. The van der Waals surface area contributed by atoms with Gasteiger partial charge < -0.3 is 15.0 Å². The quantitative estimate of drug-likeness (QED) is 0.599. The lowest BCUT2D eigenvalue weighted by Gasteiger charge is -2.33. The van der Waals surface area contributed by atoms with Crippen molar-refractivity contribution in [2.45, 2.75) is 13.8 Å². The van der Waals surface area contributed by atoms with E-state index in [9.17, 15) is 0 Å². The predicted molar refractivity (Wildman–Crippen MR) is 66.9 cm³/mol. The van der Waals surface area contributed by atoms with E-state index in [1.54, 1.807) is 12.1 Å². The average molecular weight is 240 g/mol. The molecule has 1 aliphatic heterocycles. The van der Waals surface area contributed by atoms with Crippen molar-refractivity contribution >= 4 is 29.9 Å². The average Bonchev–Trinajstić information content (AvgIpc) is 2.22. The number of anilines is 1. The maximum absolute atomic E-state index is 5.86. The highest BCUT2D eigenvalue weighted by atomic mass is 35.5. The van der Waals surface area contributed by atoms with Crippen LogP contribution in [0.2, 0.25) is 5.02 Å². The smallest absolute Gasteiger partial charge is 0.407 e. The number of nitrogen functional groups attached to an aromatic ring is 1. The van der Waals surface area contributed by atoms with Gasteiger partial charge in [-0.1, -0.05) is 31.5 Å². The van der Waals surface area contributed by atoms with Gasteiger partial charge in [0.25, 0.3) is 0 Å². The zero-order chi connectivity index (χ0) is 11.8. The molecule has 0 aromatic heterocycles. The maximum atomic E-state index is 5.86. The number of hydrogen-bond donors (Lipinski definition) is 1. The topological polar surface area (TPSA) is 44.5 Å². The molecule has 16 heavy (non-hydrogen) atoms. The third kappa shape index (κ3) is 2.51. The van der Waals surface area contributed by atoms with E-state index in [1.807, 2.05) is 6.07 Å². The molecule has 0 bridgehead atoms. The normalized spacial score (nSPS) is 19.8. The molecule has 5 heteroatoms. The molecule has 0 aliphatic carbocycles. The van der Waals surface area contributed by atoms with Gasteiger partial charge in [0.05, 0.1) is 5.02 Å². The minimum absolute atomic E-state index is 0.0778. The van der Waals surface area contributed by atoms with Crippen LogP contribution in [0.4, 0.5) is 5.69 Å². The Labute approximate surface area is 101 Å². The van der Waals surface area contributed by atoms with Gasteiger partial charge >= 0.3 is 7.12 Å². The van der Waals surface area contributed by atoms with E-state index in [2.05, 4.69) is 13.8 Å². The van der Waals surface area contributed by atoms with Crippen LogP contribution in [0.1, 0.15) is 13.8 Å². The van der Waals surface area contributed by atoms with Gasteiger partial charge in [0.1, 0.15) is 0 Å². The third-order valence-corrected chi connectivity index (χ3v) is 2.89. The summed E-state index contributed by atoms with van der Waals surface area (Å²) in [6, 6.07) is 5.44. The van der Waals surface area contributed by atoms with Gasteiger partial charge in [-0.15, -0.1) is 0 Å². The monoisotopic (exact) mass is 239 g/mol. The van der Waals surface area contributed by atoms with Gasteiger partial charge in [-0.25, -0.2) is 0 Å². The molecule has 1 aliphatic rings. The van der Waals surface area contributed by atoms with Crippen LogP contribution < -0.4 is 11.2 Å². The molecular formula is C11H15BClNO2. The lowest BCUT2D eigenvalue weighted by atomic mass is 9.76. The Morgan fingerprint density at radius 3 is 2.50 bits per heavy atom. The molecule has 1 heterocycles. The van der Waals surface area contributed by atoms with E-state index >= 15 is 0 Å². The van der Waals surface area contributed by atoms with Crippen molar-refractivity contribution in [1.29, 1.82) is 0 Å². The van der Waals surface area contributed by atoms with Crippen LogP contribution in [0.5, 0.6) is 0 Å². The van der Waals surface area contributed by atoms with Gasteiger partial charge in [-0.2, -0.15) is 0 Å². The van der Waals surface area contributed by atoms with Crippen molar-refractivity contribution in [3.63, 3.8) is 0 Å². The summed E-state index contributed by atoms with van der Waals surface area (Å²) >= 11 is 5.86. The number of nitrogens with two attached hydrogens (primary N) is 1. The predicted octanol–water partition coefficient (Wildman–Crippen LogP) is 1.69. The Bertz CT molecular complexity index is 388. The summed E-state index contributed by atoms with van der Waals surface area (Å²) in [5.74, 6) is 0. The van der Waals surface area contributed by atoms with Crippen molar-refractivity contribution in [3.05, 3.63) is 23.2 Å². The first-order valence-corrected chi connectivity index (χ1v) is 5.64. The van der Waals surface area contributed by atoms with Gasteiger partial charge in [0.2, 0.25) is 0 Å². The van der Waals surface area contributed by atoms with E-state index in [-0.39, 0.29) is 12.5 Å². The SMILES string of the molecule is CC1(C)COB(c2ccc(Cl)c(N)c2)OC1. The van der Waals surface area contributed by atoms with Gasteiger partial charge in [-0.05, 0) is 17.6 Å². The summed E-state index contributed by atoms with van der Waals surface area (Å²) < 4.78 is 11.3. The Balaban J connectivity index is 2.11. The van der Waals surface area contributed by atoms with E-state index in [4.69, 9.17) is 26.6 Å². The van der Waals surface area contributed by atoms with Crippen LogP contribution in [-0.2, 0) is 9.31 Å². The second-order valence-electron chi connectivity index (χ2n) is 4.90. The molecule has 1 aromatic carbocycles. The van der Waals surface area contributed by atoms with Crippen molar-refractivity contribution in [2.75, 3.05) is 18.9 Å². The number of hydrogen-bond acceptors (Lipinski definition) is 3. The highest BCUT2D eigenvalue weighted by Gasteiger charge is 2.33. The van der Waals surface area contributed by atoms with Crippen LogP contribution in [0.25, 0.3) is 0 Å². The summed E-state index contributed by atoms with van der Waals surface area (Å²) in [5, 5.41) is 0.555. The van der Waals surface area contributed by atoms with E-state index in [0.717, 1.165) is 5.46 Å². The summed E-state index contributed by atoms with van der Waals surface area (Å²) in [5.41, 5.74) is 7.28. The molecule has 0 spiro atoms. The lowest BCUT2D eigenvalue weighted by molar-refractivity contribution is 0.0343. The third-order valence-electron chi connectivity index (χ3n) is 2.54. The molecule has 0 unspecified atom stereocenters. The summed E-state index contributed by atoms with van der Waals surface area (Å²) in [6.07, 6.45) is 0. The molecule has 1 aromatic rings. The van der Waals surface area contributed by atoms with Crippen molar-refractivity contribution in [1.82, 2.24) is 0 Å². The lowest BCUT2D eigenvalue weighted by Crippen LogP contribution is -2.47. The Morgan fingerprint density at radius 2 is 1.94 bits per heavy atom. The number of benzene rings is 1. The van der Waals surface area contributed by atoms with Crippen molar-refractivity contribution in [2.24, 2.45) is 5.41 Å². The summed E-state index contributed by atoms with van der Waals surface area (Å²) in [6.45, 7) is 5.58. The summed E-state index contributed by atoms with van der Waals surface area (Å²) in [7, 11) is -0.326. The van der Waals surface area contributed by atoms with Crippen LogP contribution in [0, 0.1) is 5.41 Å². The van der Waals surface area contributed by atoms with E-state index < -0.39 is 0 Å². The summed E-state index contributed by atoms with van der Waals surface area (Å²) in [4.78, 5) is 0. The molecule has 0 atom stereocenters. The molecule has 0 amide bonds. The Kier molecular flexibility index (Phi) is 3.15. The molecule has 2 N–H and O–H groups in total. The molecule has 1 saturated heterocycles. The van der Waals surface area contributed by atoms with Crippen LogP contribution in [0.15, 0.2) is 18.2 Å². The number of halogens is 1.